The largest absolute Gasteiger partial charge is 0.504 e. The van der Waals surface area contributed by atoms with Crippen molar-refractivity contribution in [3.05, 3.63) is 30.0 Å². The molecule has 0 unspecified atom stereocenters. The third-order valence-electron chi connectivity index (χ3n) is 3.28. The zero-order valence-corrected chi connectivity index (χ0v) is 11.3. The van der Waals surface area contributed by atoms with Gasteiger partial charge in [-0.15, -0.1) is 0 Å². The normalized spacial score (nSPS) is 11.7. The Morgan fingerprint density at radius 2 is 1.61 bits per heavy atom. The lowest BCUT2D eigenvalue weighted by atomic mass is 9.98. The summed E-state index contributed by atoms with van der Waals surface area (Å²) in [6, 6.07) is 5.68. The van der Waals surface area contributed by atoms with Crippen molar-refractivity contribution < 1.29 is 14.8 Å². The minimum atomic E-state index is -0.0715. The molecule has 0 aliphatic carbocycles. The van der Waals surface area contributed by atoms with Crippen molar-refractivity contribution in [2.24, 2.45) is 0 Å². The zero-order chi connectivity index (χ0) is 13.4. The summed E-state index contributed by atoms with van der Waals surface area (Å²) < 4.78 is 2.10. The molecule has 0 fully saturated rings. The van der Waals surface area contributed by atoms with E-state index in [1.54, 1.807) is 12.1 Å². The van der Waals surface area contributed by atoms with Crippen LogP contribution >= 0.6 is 0 Å². The molecule has 3 heteroatoms. The number of pyridine rings is 1. The van der Waals surface area contributed by atoms with Crippen LogP contribution in [0.1, 0.15) is 45.2 Å². The third kappa shape index (κ3) is 2.01. The average Bonchev–Trinajstić information content (AvgIpc) is 2.28. The molecule has 0 bridgehead atoms. The van der Waals surface area contributed by atoms with Crippen LogP contribution < -0.4 is 4.57 Å². The van der Waals surface area contributed by atoms with E-state index in [1.165, 1.54) is 5.56 Å². The van der Waals surface area contributed by atoms with Gasteiger partial charge in [0.15, 0.2) is 23.7 Å². The van der Waals surface area contributed by atoms with E-state index in [9.17, 15) is 10.2 Å². The van der Waals surface area contributed by atoms with Gasteiger partial charge in [-0.3, -0.25) is 0 Å². The minimum Gasteiger partial charge on any atom is -0.504 e. The number of rotatable bonds is 2. The van der Waals surface area contributed by atoms with Gasteiger partial charge in [-0.2, -0.15) is 4.57 Å². The maximum absolute atomic E-state index is 9.69. The van der Waals surface area contributed by atoms with Crippen molar-refractivity contribution in [2.75, 3.05) is 0 Å². The van der Waals surface area contributed by atoms with Crippen molar-refractivity contribution in [1.29, 1.82) is 0 Å². The molecule has 1 aromatic carbocycles. The maximum atomic E-state index is 9.69. The van der Waals surface area contributed by atoms with Crippen molar-refractivity contribution >= 4 is 10.9 Å². The fourth-order valence-corrected chi connectivity index (χ4v) is 2.30. The average molecular weight is 246 g/mol. The number of phenolic OH excluding ortho intramolecular Hbond substituents is 2. The highest BCUT2D eigenvalue weighted by Crippen LogP contribution is 2.32. The Morgan fingerprint density at radius 1 is 1.00 bits per heavy atom. The van der Waals surface area contributed by atoms with Gasteiger partial charge in [0.2, 0.25) is 5.52 Å². The smallest absolute Gasteiger partial charge is 0.216 e. The van der Waals surface area contributed by atoms with Crippen LogP contribution in [-0.4, -0.2) is 10.2 Å². The van der Waals surface area contributed by atoms with Crippen molar-refractivity contribution in [3.63, 3.8) is 0 Å². The molecule has 0 aliphatic rings. The Balaban J connectivity index is 2.86. The number of phenols is 2. The Kier molecular flexibility index (Phi) is 3.16. The Labute approximate surface area is 107 Å². The molecule has 1 heterocycles. The first-order valence-electron chi connectivity index (χ1n) is 6.31. The van der Waals surface area contributed by atoms with Gasteiger partial charge < -0.3 is 10.2 Å². The predicted octanol–water partition coefficient (Wildman–Crippen LogP) is 3.24. The van der Waals surface area contributed by atoms with E-state index in [2.05, 4.69) is 38.3 Å². The van der Waals surface area contributed by atoms with E-state index in [-0.39, 0.29) is 11.5 Å². The van der Waals surface area contributed by atoms with Crippen LogP contribution in [0, 0.1) is 0 Å². The lowest BCUT2D eigenvalue weighted by molar-refractivity contribution is -0.691. The van der Waals surface area contributed by atoms with Gasteiger partial charge in [-0.05, 0) is 31.4 Å². The zero-order valence-electron chi connectivity index (χ0n) is 11.3. The van der Waals surface area contributed by atoms with E-state index in [0.29, 0.717) is 12.0 Å². The molecule has 1 aromatic heterocycles. The molecule has 0 atom stereocenters. The molecule has 0 spiro atoms. The number of fused-ring (bicyclic) bond motifs is 1. The van der Waals surface area contributed by atoms with Crippen molar-refractivity contribution in [2.45, 2.75) is 39.7 Å². The summed E-state index contributed by atoms with van der Waals surface area (Å²) in [7, 11) is 0. The second kappa shape index (κ2) is 4.48. The fourth-order valence-electron chi connectivity index (χ4n) is 2.30. The Hall–Kier alpha value is -1.77. The first-order valence-corrected chi connectivity index (χ1v) is 6.31. The van der Waals surface area contributed by atoms with Gasteiger partial charge >= 0.3 is 0 Å². The van der Waals surface area contributed by atoms with Gasteiger partial charge in [0.1, 0.15) is 0 Å². The standard InChI is InChI=1S/C15H19NO2/c1-9(2)11-5-6-16(10(3)4)13-8-15(18)14(17)7-12(11)13/h5-10,17H,1-4H3/p+1. The van der Waals surface area contributed by atoms with Crippen molar-refractivity contribution in [3.8, 4) is 11.5 Å². The van der Waals surface area contributed by atoms with Gasteiger partial charge in [0.05, 0.1) is 11.5 Å². The SMILES string of the molecule is CC(C)c1cc[n+](C(C)C)c2cc(O)c(O)cc12. The first kappa shape index (κ1) is 12.7. The predicted molar refractivity (Wildman–Crippen MR) is 71.9 cm³/mol. The highest BCUT2D eigenvalue weighted by Gasteiger charge is 2.19. The molecule has 0 aliphatic heterocycles. The monoisotopic (exact) mass is 246 g/mol. The van der Waals surface area contributed by atoms with Crippen LogP contribution in [0.3, 0.4) is 0 Å². The highest BCUT2D eigenvalue weighted by atomic mass is 16.3. The molecule has 0 saturated heterocycles. The van der Waals surface area contributed by atoms with Crippen LogP contribution in [0.2, 0.25) is 0 Å². The van der Waals surface area contributed by atoms with Gasteiger partial charge in [-0.1, -0.05) is 13.8 Å². The molecule has 0 radical (unpaired) electrons. The summed E-state index contributed by atoms with van der Waals surface area (Å²) in [6.45, 7) is 8.44. The molecule has 0 saturated carbocycles. The second-order valence-electron chi connectivity index (χ2n) is 5.28. The number of hydrogen-bond donors (Lipinski definition) is 2. The van der Waals surface area contributed by atoms with Gasteiger partial charge in [0.25, 0.3) is 0 Å². The topological polar surface area (TPSA) is 44.3 Å². The fraction of sp³-hybridized carbons (Fsp3) is 0.400. The molecule has 96 valence electrons. The Bertz CT molecular complexity index is 536. The van der Waals surface area contributed by atoms with Crippen LogP contribution in [0.25, 0.3) is 10.9 Å². The number of aromatic hydroxyl groups is 2. The summed E-state index contributed by atoms with van der Waals surface area (Å²) >= 11 is 0. The molecule has 3 nitrogen and oxygen atoms in total. The van der Waals surface area contributed by atoms with Gasteiger partial charge in [-0.25, -0.2) is 0 Å². The lowest BCUT2D eigenvalue weighted by Crippen LogP contribution is -2.36. The molecule has 0 amide bonds. The van der Waals surface area contributed by atoms with Crippen LogP contribution in [0.4, 0.5) is 0 Å². The van der Waals surface area contributed by atoms with E-state index < -0.39 is 0 Å². The van der Waals surface area contributed by atoms with E-state index >= 15 is 0 Å². The quantitative estimate of drug-likeness (QED) is 0.631. The van der Waals surface area contributed by atoms with Crippen LogP contribution in [0.5, 0.6) is 11.5 Å². The molecule has 2 aromatic rings. The summed E-state index contributed by atoms with van der Waals surface area (Å²) in [5.74, 6) is 0.238. The summed E-state index contributed by atoms with van der Waals surface area (Å²) in [6.07, 6.45) is 2.04. The van der Waals surface area contributed by atoms with Gasteiger partial charge in [0, 0.05) is 6.07 Å². The molecule has 2 N–H and O–H groups in total. The summed E-state index contributed by atoms with van der Waals surface area (Å²) in [5, 5.41) is 20.4. The summed E-state index contributed by atoms with van der Waals surface area (Å²) in [4.78, 5) is 0. The Morgan fingerprint density at radius 3 is 2.17 bits per heavy atom. The lowest BCUT2D eigenvalue weighted by Gasteiger charge is -2.12. The minimum absolute atomic E-state index is 0.0640. The van der Waals surface area contributed by atoms with E-state index in [1.807, 2.05) is 6.20 Å². The number of hydrogen-bond acceptors (Lipinski definition) is 2. The first-order chi connectivity index (χ1) is 8.41. The van der Waals surface area contributed by atoms with Crippen LogP contribution in [-0.2, 0) is 0 Å². The maximum Gasteiger partial charge on any atom is 0.216 e. The summed E-state index contributed by atoms with van der Waals surface area (Å²) in [5.41, 5.74) is 2.13. The second-order valence-corrected chi connectivity index (χ2v) is 5.28. The molecule has 2 rings (SSSR count). The van der Waals surface area contributed by atoms with E-state index in [0.717, 1.165) is 10.9 Å². The molecular weight excluding hydrogens is 226 g/mol. The highest BCUT2D eigenvalue weighted by molar-refractivity contribution is 5.83. The number of aromatic nitrogens is 1. The number of benzene rings is 1. The molecular formula is C15H20NO2+. The van der Waals surface area contributed by atoms with Crippen molar-refractivity contribution in [1.82, 2.24) is 0 Å². The van der Waals surface area contributed by atoms with E-state index in [4.69, 9.17) is 0 Å². The number of nitrogens with zero attached hydrogens (tertiary/aromatic N) is 1. The van der Waals surface area contributed by atoms with Crippen LogP contribution in [0.15, 0.2) is 24.4 Å². The molecule has 18 heavy (non-hydrogen) atoms. The third-order valence-corrected chi connectivity index (χ3v) is 3.28.